The molecule has 2 aliphatic rings. The van der Waals surface area contributed by atoms with E-state index in [1.807, 2.05) is 54.3 Å². The highest BCUT2D eigenvalue weighted by molar-refractivity contribution is 8.00. The van der Waals surface area contributed by atoms with E-state index in [0.29, 0.717) is 22.6 Å². The second-order valence-corrected chi connectivity index (χ2v) is 10.6. The average molecular weight is 493 g/mol. The van der Waals surface area contributed by atoms with Crippen molar-refractivity contribution in [2.75, 3.05) is 37.7 Å². The number of carbonyl (C=O) groups excluding carboxylic acids is 1. The molecule has 35 heavy (non-hydrogen) atoms. The summed E-state index contributed by atoms with van der Waals surface area (Å²) in [7, 11) is 0. The fraction of sp³-hybridized carbons (Fsp3) is 0.444. The maximum absolute atomic E-state index is 13.6. The maximum Gasteiger partial charge on any atom is 0.262 e. The number of aromatic nitrogens is 2. The van der Waals surface area contributed by atoms with Gasteiger partial charge in [-0.2, -0.15) is 0 Å². The van der Waals surface area contributed by atoms with E-state index in [1.54, 1.807) is 4.57 Å². The second-order valence-electron chi connectivity index (χ2n) is 9.33. The summed E-state index contributed by atoms with van der Waals surface area (Å²) >= 11 is 1.38. The lowest BCUT2D eigenvalue weighted by atomic mass is 10.1. The summed E-state index contributed by atoms with van der Waals surface area (Å²) in [5, 5.41) is 0.850. The molecular formula is C27H32N4O3S. The van der Waals surface area contributed by atoms with Crippen molar-refractivity contribution in [3.63, 3.8) is 0 Å². The quantitative estimate of drug-likeness (QED) is 0.371. The lowest BCUT2D eigenvalue weighted by Gasteiger charge is -2.27. The van der Waals surface area contributed by atoms with Crippen LogP contribution in [0.25, 0.3) is 10.9 Å². The molecule has 3 aromatic rings. The van der Waals surface area contributed by atoms with Crippen LogP contribution in [0.5, 0.6) is 0 Å². The highest BCUT2D eigenvalue weighted by Gasteiger charge is 2.34. The zero-order chi connectivity index (χ0) is 24.4. The molecule has 0 aliphatic carbocycles. The van der Waals surface area contributed by atoms with Gasteiger partial charge in [0.05, 0.1) is 29.4 Å². The highest BCUT2D eigenvalue weighted by Crippen LogP contribution is 2.34. The van der Waals surface area contributed by atoms with E-state index in [9.17, 15) is 9.59 Å². The van der Waals surface area contributed by atoms with Gasteiger partial charge in [0.25, 0.3) is 5.56 Å². The fourth-order valence-corrected chi connectivity index (χ4v) is 6.00. The number of amides is 1. The molecule has 2 aromatic carbocycles. The summed E-state index contributed by atoms with van der Waals surface area (Å²) < 4.78 is 7.20. The first-order valence-corrected chi connectivity index (χ1v) is 13.3. The van der Waals surface area contributed by atoms with E-state index in [0.717, 1.165) is 51.4 Å². The summed E-state index contributed by atoms with van der Waals surface area (Å²) in [5.41, 5.74) is 2.82. The van der Waals surface area contributed by atoms with Crippen LogP contribution in [0, 0.1) is 0 Å². The number of hydrogen-bond acceptors (Lipinski definition) is 6. The standard InChI is InChI=1S/C27H32N4O3S/c1-19-18-21-8-3-6-11-24(21)31(19)25(32)20(2)35-27-28-23-10-5-4-9-22(23)26(33)30(27)13-7-12-29-14-16-34-17-15-29/h3-6,8-11,19-20H,7,12-18H2,1-2H3. The number of carbonyl (C=O) groups is 1. The molecule has 8 heteroatoms. The second kappa shape index (κ2) is 10.5. The number of benzene rings is 2. The topological polar surface area (TPSA) is 67.7 Å². The van der Waals surface area contributed by atoms with Gasteiger partial charge in [-0.05, 0) is 50.5 Å². The van der Waals surface area contributed by atoms with Crippen LogP contribution in [0.3, 0.4) is 0 Å². The van der Waals surface area contributed by atoms with Crippen molar-refractivity contribution in [1.82, 2.24) is 14.5 Å². The Morgan fingerprint density at radius 3 is 2.69 bits per heavy atom. The molecule has 1 saturated heterocycles. The van der Waals surface area contributed by atoms with Crippen LogP contribution in [0.1, 0.15) is 25.8 Å². The predicted octanol–water partition coefficient (Wildman–Crippen LogP) is 3.58. The molecule has 1 amide bonds. The summed E-state index contributed by atoms with van der Waals surface area (Å²) in [5.74, 6) is 0.0507. The number of nitrogens with zero attached hydrogens (tertiary/aromatic N) is 4. The van der Waals surface area contributed by atoms with Crippen molar-refractivity contribution < 1.29 is 9.53 Å². The third-order valence-corrected chi connectivity index (χ3v) is 7.94. The number of thioether (sulfide) groups is 1. The number of morpholine rings is 1. The summed E-state index contributed by atoms with van der Waals surface area (Å²) in [6.07, 6.45) is 1.70. The van der Waals surface area contributed by atoms with Crippen LogP contribution in [0.2, 0.25) is 0 Å². The maximum atomic E-state index is 13.6. The summed E-state index contributed by atoms with van der Waals surface area (Å²) in [4.78, 5) is 36.1. The van der Waals surface area contributed by atoms with Crippen molar-refractivity contribution in [2.24, 2.45) is 0 Å². The van der Waals surface area contributed by atoms with Crippen LogP contribution < -0.4 is 10.5 Å². The third-order valence-electron chi connectivity index (χ3n) is 6.86. The zero-order valence-corrected chi connectivity index (χ0v) is 21.2. The molecule has 0 saturated carbocycles. The van der Waals surface area contributed by atoms with Crippen molar-refractivity contribution in [2.45, 2.75) is 49.7 Å². The molecule has 1 fully saturated rings. The Labute approximate surface area is 210 Å². The lowest BCUT2D eigenvalue weighted by molar-refractivity contribution is -0.118. The Morgan fingerprint density at radius 1 is 1.11 bits per heavy atom. The van der Waals surface area contributed by atoms with Crippen LogP contribution in [0.15, 0.2) is 58.5 Å². The molecule has 3 heterocycles. The molecule has 2 aliphatic heterocycles. The summed E-state index contributed by atoms with van der Waals surface area (Å²) in [6, 6.07) is 15.7. The van der Waals surface area contributed by atoms with Crippen LogP contribution in [-0.2, 0) is 22.5 Å². The normalized spacial score (nSPS) is 19.1. The number of fused-ring (bicyclic) bond motifs is 2. The lowest BCUT2D eigenvalue weighted by Crippen LogP contribution is -2.40. The van der Waals surface area contributed by atoms with Gasteiger partial charge in [0.1, 0.15) is 0 Å². The molecule has 0 radical (unpaired) electrons. The van der Waals surface area contributed by atoms with Gasteiger partial charge in [-0.15, -0.1) is 0 Å². The summed E-state index contributed by atoms with van der Waals surface area (Å²) in [6.45, 7) is 8.85. The number of anilines is 1. The van der Waals surface area contributed by atoms with E-state index in [4.69, 9.17) is 9.72 Å². The van der Waals surface area contributed by atoms with Crippen molar-refractivity contribution in [3.05, 3.63) is 64.4 Å². The van der Waals surface area contributed by atoms with Gasteiger partial charge in [0.2, 0.25) is 5.91 Å². The van der Waals surface area contributed by atoms with Crippen LogP contribution in [-0.4, -0.2) is 64.5 Å². The fourth-order valence-electron chi connectivity index (χ4n) is 5.02. The molecule has 7 nitrogen and oxygen atoms in total. The molecule has 5 rings (SSSR count). The van der Waals surface area contributed by atoms with Gasteiger partial charge in [0.15, 0.2) is 5.16 Å². The Balaban J connectivity index is 1.39. The number of ether oxygens (including phenoxy) is 1. The first-order chi connectivity index (χ1) is 17.0. The van der Waals surface area contributed by atoms with E-state index >= 15 is 0 Å². The molecule has 0 N–H and O–H groups in total. The molecule has 1 aromatic heterocycles. The Hall–Kier alpha value is -2.68. The number of hydrogen-bond donors (Lipinski definition) is 0. The Kier molecular flexibility index (Phi) is 7.22. The monoisotopic (exact) mass is 492 g/mol. The first-order valence-electron chi connectivity index (χ1n) is 12.4. The van der Waals surface area contributed by atoms with Gasteiger partial charge < -0.3 is 9.64 Å². The van der Waals surface area contributed by atoms with E-state index in [1.165, 1.54) is 17.3 Å². The zero-order valence-electron chi connectivity index (χ0n) is 20.4. The third kappa shape index (κ3) is 5.01. The molecule has 0 spiro atoms. The minimum atomic E-state index is -0.373. The first kappa shape index (κ1) is 24.0. The molecule has 2 atom stereocenters. The van der Waals surface area contributed by atoms with Gasteiger partial charge in [-0.3, -0.25) is 19.1 Å². The highest BCUT2D eigenvalue weighted by atomic mass is 32.2. The SMILES string of the molecule is CC(Sc1nc2ccccc2c(=O)n1CCCN1CCOCC1)C(=O)N1c2ccccc2CC1C. The van der Waals surface area contributed by atoms with Crippen LogP contribution >= 0.6 is 11.8 Å². The minimum absolute atomic E-state index is 0.0420. The van der Waals surface area contributed by atoms with Gasteiger partial charge in [-0.25, -0.2) is 4.98 Å². The molecule has 0 bridgehead atoms. The van der Waals surface area contributed by atoms with Crippen molar-refractivity contribution in [1.29, 1.82) is 0 Å². The van der Waals surface area contributed by atoms with E-state index in [2.05, 4.69) is 17.9 Å². The molecule has 2 unspecified atom stereocenters. The Bertz CT molecular complexity index is 1270. The van der Waals surface area contributed by atoms with Crippen LogP contribution in [0.4, 0.5) is 5.69 Å². The van der Waals surface area contributed by atoms with Crippen molar-refractivity contribution in [3.8, 4) is 0 Å². The van der Waals surface area contributed by atoms with E-state index < -0.39 is 0 Å². The smallest absolute Gasteiger partial charge is 0.262 e. The van der Waals surface area contributed by atoms with Crippen molar-refractivity contribution >= 4 is 34.3 Å². The molecular weight excluding hydrogens is 460 g/mol. The minimum Gasteiger partial charge on any atom is -0.379 e. The van der Waals surface area contributed by atoms with Gasteiger partial charge in [-0.1, -0.05) is 42.1 Å². The molecule has 184 valence electrons. The van der Waals surface area contributed by atoms with Gasteiger partial charge in [0, 0.05) is 37.9 Å². The predicted molar refractivity (Wildman–Crippen MR) is 140 cm³/mol. The van der Waals surface area contributed by atoms with E-state index in [-0.39, 0.29) is 22.8 Å². The average Bonchev–Trinajstić information content (AvgIpc) is 3.21. The Morgan fingerprint density at radius 2 is 1.86 bits per heavy atom. The number of para-hydroxylation sites is 2. The van der Waals surface area contributed by atoms with Gasteiger partial charge >= 0.3 is 0 Å². The largest absolute Gasteiger partial charge is 0.379 e. The number of rotatable bonds is 7.